The molecule has 25 heavy (non-hydrogen) atoms. The highest BCUT2D eigenvalue weighted by Crippen LogP contribution is 2.37. The van der Waals surface area contributed by atoms with Crippen molar-refractivity contribution in [3.8, 4) is 5.75 Å². The van der Waals surface area contributed by atoms with E-state index in [0.717, 1.165) is 17.3 Å². The zero-order chi connectivity index (χ0) is 18.0. The summed E-state index contributed by atoms with van der Waals surface area (Å²) < 4.78 is 5.71. The molecule has 2 N–H and O–H groups in total. The maximum absolute atomic E-state index is 11.7. The number of amides is 1. The van der Waals surface area contributed by atoms with Gasteiger partial charge in [0.05, 0.1) is 15.0 Å². The summed E-state index contributed by atoms with van der Waals surface area (Å²) in [5.74, 6) is -0.0274. The fourth-order valence-corrected chi connectivity index (χ4v) is 3.63. The molecule has 1 heterocycles. The van der Waals surface area contributed by atoms with Crippen LogP contribution < -0.4 is 10.5 Å². The predicted octanol–water partition coefficient (Wildman–Crippen LogP) is 5.15. The van der Waals surface area contributed by atoms with E-state index in [1.54, 1.807) is 24.3 Å². The maximum atomic E-state index is 11.7. The van der Waals surface area contributed by atoms with Gasteiger partial charge in [0.25, 0.3) is 5.91 Å². The van der Waals surface area contributed by atoms with Crippen molar-refractivity contribution in [3.63, 3.8) is 0 Å². The first-order valence-corrected chi connectivity index (χ1v) is 9.02. The van der Waals surface area contributed by atoms with E-state index in [1.165, 1.54) is 0 Å². The van der Waals surface area contributed by atoms with Gasteiger partial charge in [0.15, 0.2) is 10.9 Å². The number of aliphatic imine (C=N–C) groups is 1. The average molecular weight is 414 g/mol. The first-order valence-electron chi connectivity index (χ1n) is 7.07. The molecule has 0 spiro atoms. The first kappa shape index (κ1) is 18.1. The molecule has 0 radical (unpaired) electrons. The molecule has 1 amide bonds. The zero-order valence-electron chi connectivity index (χ0n) is 12.6. The van der Waals surface area contributed by atoms with Gasteiger partial charge >= 0.3 is 0 Å². The monoisotopic (exact) mass is 412 g/mol. The molecule has 3 rings (SSSR count). The Hall–Kier alpha value is -1.66. The van der Waals surface area contributed by atoms with Gasteiger partial charge in [-0.3, -0.25) is 4.79 Å². The summed E-state index contributed by atoms with van der Waals surface area (Å²) in [6.45, 7) is 0.234. The van der Waals surface area contributed by atoms with Crippen molar-refractivity contribution < 1.29 is 9.53 Å². The van der Waals surface area contributed by atoms with Crippen LogP contribution in [0.1, 0.15) is 11.1 Å². The fourth-order valence-electron chi connectivity index (χ4n) is 2.14. The molecular weight excluding hydrogens is 403 g/mol. The van der Waals surface area contributed by atoms with Crippen LogP contribution in [0.2, 0.25) is 15.1 Å². The topological polar surface area (TPSA) is 64.7 Å². The molecular formula is C17H11Cl3N2O2S. The Morgan fingerprint density at radius 2 is 1.80 bits per heavy atom. The summed E-state index contributed by atoms with van der Waals surface area (Å²) in [4.78, 5) is 15.7. The minimum Gasteiger partial charge on any atom is -0.486 e. The van der Waals surface area contributed by atoms with Crippen molar-refractivity contribution >= 4 is 63.7 Å². The standard InChI is InChI=1S/C17H11Cl3N2O2S/c18-11-4-2-1-3-10(11)8-24-15-12(19)5-9(6-13(15)20)7-14-16(23)22-17(21)25-14/h1-7H,8H2,(H2,21,22,23)/b14-7+. The summed E-state index contributed by atoms with van der Waals surface area (Å²) in [6.07, 6.45) is 1.63. The number of carbonyl (C=O) groups excluding carboxylic acids is 1. The lowest BCUT2D eigenvalue weighted by Gasteiger charge is -2.12. The second kappa shape index (κ2) is 7.70. The van der Waals surface area contributed by atoms with Crippen LogP contribution in [-0.2, 0) is 11.4 Å². The number of thioether (sulfide) groups is 1. The third kappa shape index (κ3) is 4.30. The van der Waals surface area contributed by atoms with E-state index < -0.39 is 0 Å². The molecule has 8 heteroatoms. The van der Waals surface area contributed by atoms with E-state index in [-0.39, 0.29) is 17.7 Å². The molecule has 1 aliphatic rings. The fraction of sp³-hybridized carbons (Fsp3) is 0.0588. The minimum atomic E-state index is -0.381. The summed E-state index contributed by atoms with van der Waals surface area (Å²) >= 11 is 19.8. The number of nitrogens with two attached hydrogens (primary N) is 1. The van der Waals surface area contributed by atoms with Crippen LogP contribution in [0.4, 0.5) is 0 Å². The van der Waals surface area contributed by atoms with Crippen molar-refractivity contribution in [1.82, 2.24) is 0 Å². The lowest BCUT2D eigenvalue weighted by molar-refractivity contribution is -0.113. The molecule has 0 bridgehead atoms. The second-order valence-electron chi connectivity index (χ2n) is 5.06. The number of nitrogens with zero attached hydrogens (tertiary/aromatic N) is 1. The molecule has 0 aliphatic carbocycles. The van der Waals surface area contributed by atoms with Gasteiger partial charge in [-0.2, -0.15) is 4.99 Å². The number of ether oxygens (including phenoxy) is 1. The third-order valence-electron chi connectivity index (χ3n) is 3.29. The molecule has 2 aromatic carbocycles. The first-order chi connectivity index (χ1) is 11.9. The molecule has 4 nitrogen and oxygen atoms in total. The van der Waals surface area contributed by atoms with Gasteiger partial charge in [-0.1, -0.05) is 53.0 Å². The van der Waals surface area contributed by atoms with E-state index in [1.807, 2.05) is 18.2 Å². The molecule has 1 aliphatic heterocycles. The van der Waals surface area contributed by atoms with Crippen LogP contribution in [0.25, 0.3) is 6.08 Å². The molecule has 0 fully saturated rings. The lowest BCUT2D eigenvalue weighted by Crippen LogP contribution is -2.01. The van der Waals surface area contributed by atoms with Crippen LogP contribution in [0.3, 0.4) is 0 Å². The molecule has 0 saturated carbocycles. The minimum absolute atomic E-state index is 0.216. The number of carbonyl (C=O) groups is 1. The Balaban J connectivity index is 1.80. The maximum Gasteiger partial charge on any atom is 0.286 e. The van der Waals surface area contributed by atoms with Gasteiger partial charge in [-0.15, -0.1) is 0 Å². The SMILES string of the molecule is NC1=NC(=O)/C(=C\c2cc(Cl)c(OCc3ccccc3Cl)c(Cl)c2)S1. The molecule has 0 saturated heterocycles. The largest absolute Gasteiger partial charge is 0.486 e. The Kier molecular flexibility index (Phi) is 5.59. The Labute approximate surface area is 163 Å². The van der Waals surface area contributed by atoms with Crippen molar-refractivity contribution in [2.75, 3.05) is 0 Å². The molecule has 2 aromatic rings. The lowest BCUT2D eigenvalue weighted by atomic mass is 10.2. The van der Waals surface area contributed by atoms with Gasteiger partial charge in [0.1, 0.15) is 6.61 Å². The van der Waals surface area contributed by atoms with Crippen LogP contribution >= 0.6 is 46.6 Å². The Morgan fingerprint density at radius 1 is 1.12 bits per heavy atom. The van der Waals surface area contributed by atoms with Gasteiger partial charge < -0.3 is 10.5 Å². The summed E-state index contributed by atoms with van der Waals surface area (Å²) in [5, 5.41) is 1.48. The van der Waals surface area contributed by atoms with E-state index in [9.17, 15) is 4.79 Å². The normalized spacial score (nSPS) is 15.6. The van der Waals surface area contributed by atoms with Crippen molar-refractivity contribution in [3.05, 3.63) is 67.5 Å². The second-order valence-corrected chi connectivity index (χ2v) is 7.34. The molecule has 128 valence electrons. The van der Waals surface area contributed by atoms with E-state index in [0.29, 0.717) is 31.3 Å². The Bertz CT molecular complexity index is 890. The average Bonchev–Trinajstić information content (AvgIpc) is 2.85. The summed E-state index contributed by atoms with van der Waals surface area (Å²) in [7, 11) is 0. The van der Waals surface area contributed by atoms with Crippen molar-refractivity contribution in [2.24, 2.45) is 10.7 Å². The quantitative estimate of drug-likeness (QED) is 0.704. The van der Waals surface area contributed by atoms with E-state index >= 15 is 0 Å². The highest BCUT2D eigenvalue weighted by Gasteiger charge is 2.20. The van der Waals surface area contributed by atoms with Crippen LogP contribution in [-0.4, -0.2) is 11.1 Å². The number of hydrogen-bond acceptors (Lipinski definition) is 4. The smallest absolute Gasteiger partial charge is 0.286 e. The number of hydrogen-bond donors (Lipinski definition) is 1. The van der Waals surface area contributed by atoms with Gasteiger partial charge in [0.2, 0.25) is 0 Å². The van der Waals surface area contributed by atoms with Gasteiger partial charge in [0, 0.05) is 10.6 Å². The molecule has 0 unspecified atom stereocenters. The third-order valence-corrected chi connectivity index (χ3v) is 5.03. The summed E-state index contributed by atoms with van der Waals surface area (Å²) in [6, 6.07) is 10.7. The van der Waals surface area contributed by atoms with E-state index in [4.69, 9.17) is 45.3 Å². The van der Waals surface area contributed by atoms with Crippen LogP contribution in [0.15, 0.2) is 46.3 Å². The van der Waals surface area contributed by atoms with Gasteiger partial charge in [-0.05, 0) is 41.6 Å². The number of rotatable bonds is 4. The van der Waals surface area contributed by atoms with Gasteiger partial charge in [-0.25, -0.2) is 0 Å². The van der Waals surface area contributed by atoms with Crippen LogP contribution in [0, 0.1) is 0 Å². The van der Waals surface area contributed by atoms with Crippen LogP contribution in [0.5, 0.6) is 5.75 Å². The predicted molar refractivity (Wildman–Crippen MR) is 104 cm³/mol. The highest BCUT2D eigenvalue weighted by atomic mass is 35.5. The van der Waals surface area contributed by atoms with Crippen molar-refractivity contribution in [2.45, 2.75) is 6.61 Å². The van der Waals surface area contributed by atoms with Crippen molar-refractivity contribution in [1.29, 1.82) is 0 Å². The number of halogens is 3. The Morgan fingerprint density at radius 3 is 2.40 bits per heavy atom. The molecule has 0 aromatic heterocycles. The van der Waals surface area contributed by atoms with E-state index in [2.05, 4.69) is 4.99 Å². The zero-order valence-corrected chi connectivity index (χ0v) is 15.7. The molecule has 0 atom stereocenters. The number of amidine groups is 1. The summed E-state index contributed by atoms with van der Waals surface area (Å²) in [5.41, 5.74) is 7.00. The number of benzene rings is 2. The highest BCUT2D eigenvalue weighted by molar-refractivity contribution is 8.18.